The number of hydrogen-bond acceptors (Lipinski definition) is 6. The van der Waals surface area contributed by atoms with E-state index in [1.807, 2.05) is 60.7 Å². The fourth-order valence-electron chi connectivity index (χ4n) is 4.30. The van der Waals surface area contributed by atoms with Gasteiger partial charge in [-0.25, -0.2) is 0 Å². The number of phenolic OH excluding ortho intramolecular Hbond substituents is 1. The first-order valence-corrected chi connectivity index (χ1v) is 14.9. The molecule has 4 N–H and O–H groups in total. The number of aliphatic hydroxyl groups is 1. The lowest BCUT2D eigenvalue weighted by atomic mass is 10.0. The van der Waals surface area contributed by atoms with Crippen LogP contribution < -0.4 is 9.47 Å². The highest BCUT2D eigenvalue weighted by Crippen LogP contribution is 2.40. The molecule has 0 saturated heterocycles. The predicted molar refractivity (Wildman–Crippen MR) is 157 cm³/mol. The van der Waals surface area contributed by atoms with Crippen LogP contribution in [0.15, 0.2) is 91.0 Å². The number of aromatic hydroxyl groups is 1. The van der Waals surface area contributed by atoms with Gasteiger partial charge in [-0.2, -0.15) is 0 Å². The lowest BCUT2D eigenvalue weighted by molar-refractivity contribution is 0.104. The molecule has 4 aromatic rings. The Morgan fingerprint density at radius 1 is 0.829 bits per heavy atom. The SMILES string of the molecule is CC(O)CCCCOc1cccc(-c2cccc(Oc3ccc(Cc4cc(C(=O)P(=O)(O)O)ccc4O)cc3)c2)c1. The molecule has 0 aliphatic heterocycles. The van der Waals surface area contributed by atoms with Gasteiger partial charge in [-0.1, -0.05) is 36.4 Å². The van der Waals surface area contributed by atoms with Crippen molar-refractivity contribution in [3.05, 3.63) is 108 Å². The van der Waals surface area contributed by atoms with Crippen LogP contribution in [0.5, 0.6) is 23.0 Å². The Hall–Kier alpha value is -3.94. The number of phenols is 1. The van der Waals surface area contributed by atoms with Crippen LogP contribution in [0.4, 0.5) is 0 Å². The molecule has 0 spiro atoms. The quantitative estimate of drug-likeness (QED) is 0.102. The minimum atomic E-state index is -4.92. The van der Waals surface area contributed by atoms with Gasteiger partial charge in [-0.3, -0.25) is 9.36 Å². The van der Waals surface area contributed by atoms with Crippen LogP contribution in [0.2, 0.25) is 0 Å². The van der Waals surface area contributed by atoms with E-state index < -0.39 is 13.1 Å². The molecule has 0 saturated carbocycles. The number of ether oxygens (including phenoxy) is 2. The Bertz CT molecular complexity index is 1530. The van der Waals surface area contributed by atoms with Gasteiger partial charge < -0.3 is 29.5 Å². The van der Waals surface area contributed by atoms with Gasteiger partial charge in [0.2, 0.25) is 0 Å². The number of rotatable bonds is 13. The summed E-state index contributed by atoms with van der Waals surface area (Å²) in [6, 6.07) is 26.5. The van der Waals surface area contributed by atoms with E-state index in [9.17, 15) is 19.6 Å². The molecule has 0 aromatic heterocycles. The van der Waals surface area contributed by atoms with Crippen molar-refractivity contribution in [1.82, 2.24) is 0 Å². The number of aliphatic hydroxyl groups excluding tert-OH is 1. The van der Waals surface area contributed by atoms with Gasteiger partial charge in [0.1, 0.15) is 23.0 Å². The van der Waals surface area contributed by atoms with E-state index in [4.69, 9.17) is 19.3 Å². The van der Waals surface area contributed by atoms with Crippen molar-refractivity contribution in [2.75, 3.05) is 6.61 Å². The Kier molecular flexibility index (Phi) is 9.97. The normalized spacial score (nSPS) is 12.1. The van der Waals surface area contributed by atoms with E-state index in [1.165, 1.54) is 18.2 Å². The third-order valence-corrected chi connectivity index (χ3v) is 7.22. The van der Waals surface area contributed by atoms with Crippen LogP contribution in [-0.2, 0) is 11.0 Å². The molecule has 41 heavy (non-hydrogen) atoms. The summed E-state index contributed by atoms with van der Waals surface area (Å²) in [5, 5.41) is 19.6. The molecular weight excluding hydrogens is 543 g/mol. The zero-order valence-corrected chi connectivity index (χ0v) is 23.5. The summed E-state index contributed by atoms with van der Waals surface area (Å²) in [6.07, 6.45) is 2.51. The second-order valence-corrected chi connectivity index (χ2v) is 11.4. The minimum absolute atomic E-state index is 0.0739. The maximum Gasteiger partial charge on any atom is 0.396 e. The predicted octanol–water partition coefficient (Wildman–Crippen LogP) is 6.69. The Morgan fingerprint density at radius 2 is 1.49 bits per heavy atom. The van der Waals surface area contributed by atoms with Gasteiger partial charge in [-0.15, -0.1) is 0 Å². The fourth-order valence-corrected chi connectivity index (χ4v) is 4.77. The van der Waals surface area contributed by atoms with E-state index in [1.54, 1.807) is 19.1 Å². The van der Waals surface area contributed by atoms with Crippen molar-refractivity contribution in [1.29, 1.82) is 0 Å². The Balaban J connectivity index is 1.40. The van der Waals surface area contributed by atoms with Gasteiger partial charge in [0.15, 0.2) is 0 Å². The minimum Gasteiger partial charge on any atom is -0.508 e. The molecule has 0 amide bonds. The summed E-state index contributed by atoms with van der Waals surface area (Å²) in [7, 11) is -4.92. The van der Waals surface area contributed by atoms with Crippen molar-refractivity contribution in [3.8, 4) is 34.1 Å². The first kappa shape index (κ1) is 30.0. The number of benzene rings is 4. The average Bonchev–Trinajstić information content (AvgIpc) is 2.94. The van der Waals surface area contributed by atoms with Crippen LogP contribution >= 0.6 is 7.60 Å². The van der Waals surface area contributed by atoms with Crippen molar-refractivity contribution < 1.29 is 38.8 Å². The van der Waals surface area contributed by atoms with Crippen LogP contribution in [0, 0.1) is 0 Å². The van der Waals surface area contributed by atoms with Crippen LogP contribution in [0.1, 0.15) is 47.7 Å². The second kappa shape index (κ2) is 13.6. The molecule has 0 bridgehead atoms. The molecule has 4 rings (SSSR count). The summed E-state index contributed by atoms with van der Waals surface area (Å²) < 4.78 is 23.3. The molecule has 8 nitrogen and oxygen atoms in total. The molecule has 4 aromatic carbocycles. The molecule has 214 valence electrons. The highest BCUT2D eigenvalue weighted by Gasteiger charge is 2.27. The largest absolute Gasteiger partial charge is 0.508 e. The molecule has 0 aliphatic rings. The van der Waals surface area contributed by atoms with Crippen LogP contribution in [-0.4, -0.2) is 38.2 Å². The lowest BCUT2D eigenvalue weighted by Crippen LogP contribution is -2.02. The number of carbonyl (C=O) groups is 1. The van der Waals surface area contributed by atoms with E-state index >= 15 is 0 Å². The first-order chi connectivity index (χ1) is 19.6. The second-order valence-electron chi connectivity index (χ2n) is 9.86. The highest BCUT2D eigenvalue weighted by molar-refractivity contribution is 7.70. The first-order valence-electron chi connectivity index (χ1n) is 13.3. The number of unbranched alkanes of at least 4 members (excludes halogenated alkanes) is 1. The van der Waals surface area contributed by atoms with Crippen molar-refractivity contribution in [3.63, 3.8) is 0 Å². The zero-order chi connectivity index (χ0) is 29.4. The molecule has 1 atom stereocenters. The highest BCUT2D eigenvalue weighted by atomic mass is 31.2. The average molecular weight is 577 g/mol. The third-order valence-electron chi connectivity index (χ3n) is 6.43. The standard InChI is InChI=1S/C32H33O8P/c1-22(33)6-2-3-17-39-29-9-4-7-24(20-29)25-8-5-10-30(21-25)40-28-14-11-23(12-15-28)18-27-19-26(13-16-31(27)34)32(35)41(36,37)38/h4-5,7-16,19-22,33-34H,2-3,6,17-18H2,1H3,(H2,36,37,38). The summed E-state index contributed by atoms with van der Waals surface area (Å²) in [4.78, 5) is 30.3. The summed E-state index contributed by atoms with van der Waals surface area (Å²) in [5.41, 5.74) is 1.70. The topological polar surface area (TPSA) is 134 Å². The van der Waals surface area contributed by atoms with Crippen LogP contribution in [0.3, 0.4) is 0 Å². The molecule has 0 heterocycles. The molecular formula is C32H33O8P. The summed E-state index contributed by atoms with van der Waals surface area (Å²) in [5.74, 6) is 1.97. The maximum atomic E-state index is 11.9. The van der Waals surface area contributed by atoms with E-state index in [0.717, 1.165) is 41.7 Å². The maximum absolute atomic E-state index is 11.9. The Labute approximate surface area is 239 Å². The molecule has 0 fully saturated rings. The van der Waals surface area contributed by atoms with Gasteiger partial charge >= 0.3 is 7.60 Å². The Morgan fingerprint density at radius 3 is 2.15 bits per heavy atom. The van der Waals surface area contributed by atoms with Gasteiger partial charge in [0.25, 0.3) is 5.52 Å². The molecule has 9 heteroatoms. The van der Waals surface area contributed by atoms with Gasteiger partial charge in [0, 0.05) is 12.0 Å². The molecule has 0 aliphatic carbocycles. The van der Waals surface area contributed by atoms with Gasteiger partial charge in [-0.05, 0) is 103 Å². The zero-order valence-electron chi connectivity index (χ0n) is 22.6. The fraction of sp³-hybridized carbons (Fsp3) is 0.219. The lowest BCUT2D eigenvalue weighted by Gasteiger charge is -2.11. The van der Waals surface area contributed by atoms with E-state index in [-0.39, 0.29) is 23.8 Å². The van der Waals surface area contributed by atoms with Crippen LogP contribution in [0.25, 0.3) is 11.1 Å². The van der Waals surface area contributed by atoms with E-state index in [2.05, 4.69) is 0 Å². The van der Waals surface area contributed by atoms with Crippen molar-refractivity contribution in [2.24, 2.45) is 0 Å². The molecule has 0 radical (unpaired) electrons. The smallest absolute Gasteiger partial charge is 0.396 e. The summed E-state index contributed by atoms with van der Waals surface area (Å²) >= 11 is 0. The monoisotopic (exact) mass is 576 g/mol. The van der Waals surface area contributed by atoms with Crippen molar-refractivity contribution >= 4 is 13.1 Å². The van der Waals surface area contributed by atoms with E-state index in [0.29, 0.717) is 23.7 Å². The molecule has 1 unspecified atom stereocenters. The third kappa shape index (κ3) is 8.77. The number of hydrogen-bond donors (Lipinski definition) is 4. The van der Waals surface area contributed by atoms with Gasteiger partial charge in [0.05, 0.1) is 12.7 Å². The van der Waals surface area contributed by atoms with Crippen molar-refractivity contribution in [2.45, 2.75) is 38.7 Å². The number of carbonyl (C=O) groups excluding carboxylic acids is 1. The summed E-state index contributed by atoms with van der Waals surface area (Å²) in [6.45, 7) is 2.38.